The number of nitrogens with zero attached hydrogens (tertiary/aromatic N) is 1. The van der Waals surface area contributed by atoms with Crippen LogP contribution in [0, 0.1) is 0 Å². The lowest BCUT2D eigenvalue weighted by atomic mass is 10.1. The lowest BCUT2D eigenvalue weighted by Gasteiger charge is -2.09. The Hall–Kier alpha value is -2.14. The molecular formula is C16H20N2O3. The summed E-state index contributed by atoms with van der Waals surface area (Å²) in [6.45, 7) is 3.69. The molecule has 0 aliphatic carbocycles. The van der Waals surface area contributed by atoms with Gasteiger partial charge in [-0.25, -0.2) is 0 Å². The number of hydrogen-bond donors (Lipinski definition) is 1. The molecule has 0 saturated carbocycles. The highest BCUT2D eigenvalue weighted by atomic mass is 16.5. The molecular weight excluding hydrogens is 268 g/mol. The lowest BCUT2D eigenvalue weighted by molar-refractivity contribution is 0.0942. The van der Waals surface area contributed by atoms with E-state index in [-0.39, 0.29) is 16.9 Å². The number of carbonyl (C=O) groups is 1. The molecule has 21 heavy (non-hydrogen) atoms. The Balaban J connectivity index is 2.16. The number of hydrogen-bond acceptors (Lipinski definition) is 3. The van der Waals surface area contributed by atoms with Gasteiger partial charge >= 0.3 is 0 Å². The highest BCUT2D eigenvalue weighted by molar-refractivity contribution is 5.97. The van der Waals surface area contributed by atoms with E-state index in [2.05, 4.69) is 5.32 Å². The van der Waals surface area contributed by atoms with Crippen molar-refractivity contribution in [2.24, 2.45) is 7.05 Å². The molecule has 0 aliphatic rings. The van der Waals surface area contributed by atoms with Gasteiger partial charge in [-0.05, 0) is 25.5 Å². The number of benzene rings is 1. The van der Waals surface area contributed by atoms with Crippen molar-refractivity contribution in [3.05, 3.63) is 46.2 Å². The van der Waals surface area contributed by atoms with Crippen LogP contribution in [-0.2, 0) is 11.8 Å². The Kier molecular flexibility index (Phi) is 5.11. The van der Waals surface area contributed by atoms with Gasteiger partial charge < -0.3 is 14.6 Å². The van der Waals surface area contributed by atoms with Crippen molar-refractivity contribution in [1.29, 1.82) is 0 Å². The smallest absolute Gasteiger partial charge is 0.256 e. The van der Waals surface area contributed by atoms with Gasteiger partial charge in [-0.15, -0.1) is 0 Å². The maximum absolute atomic E-state index is 12.4. The summed E-state index contributed by atoms with van der Waals surface area (Å²) < 4.78 is 7.00. The number of amides is 1. The minimum absolute atomic E-state index is 0.174. The second-order valence-electron chi connectivity index (χ2n) is 4.81. The summed E-state index contributed by atoms with van der Waals surface area (Å²) in [4.78, 5) is 24.5. The van der Waals surface area contributed by atoms with E-state index in [1.165, 1.54) is 0 Å². The van der Waals surface area contributed by atoms with Crippen LogP contribution >= 0.6 is 0 Å². The molecule has 0 radical (unpaired) electrons. The summed E-state index contributed by atoms with van der Waals surface area (Å²) in [5, 5.41) is 3.32. The van der Waals surface area contributed by atoms with Crippen molar-refractivity contribution in [1.82, 2.24) is 9.88 Å². The molecule has 1 N–H and O–H groups in total. The first kappa shape index (κ1) is 15.3. The van der Waals surface area contributed by atoms with Crippen LogP contribution in [0.1, 0.15) is 23.7 Å². The van der Waals surface area contributed by atoms with Crippen molar-refractivity contribution >= 4 is 16.8 Å². The molecule has 0 saturated heterocycles. The van der Waals surface area contributed by atoms with E-state index in [4.69, 9.17) is 4.74 Å². The number of rotatable bonds is 6. The highest BCUT2D eigenvalue weighted by Gasteiger charge is 2.13. The quantitative estimate of drug-likeness (QED) is 0.823. The van der Waals surface area contributed by atoms with Crippen LogP contribution in [0.2, 0.25) is 0 Å². The molecule has 1 heterocycles. The molecule has 0 fully saturated rings. The molecule has 2 aromatic rings. The highest BCUT2D eigenvalue weighted by Crippen LogP contribution is 2.10. The standard InChI is InChI=1S/C16H20N2O3/c1-3-21-10-6-9-17-16(20)13-11-18(2)14-8-5-4-7-12(14)15(13)19/h4-5,7-8,11H,3,6,9-10H2,1-2H3,(H,17,20). The van der Waals surface area contributed by atoms with Gasteiger partial charge in [0.05, 0.1) is 5.52 Å². The number of aromatic nitrogens is 1. The molecule has 5 nitrogen and oxygen atoms in total. The fourth-order valence-corrected chi connectivity index (χ4v) is 2.22. The largest absolute Gasteiger partial charge is 0.382 e. The van der Waals surface area contributed by atoms with Crippen molar-refractivity contribution in [2.45, 2.75) is 13.3 Å². The summed E-state index contributed by atoms with van der Waals surface area (Å²) >= 11 is 0. The molecule has 0 spiro atoms. The average Bonchev–Trinajstić information content (AvgIpc) is 2.50. The summed E-state index contributed by atoms with van der Waals surface area (Å²) in [5.74, 6) is -0.335. The van der Waals surface area contributed by atoms with Crippen molar-refractivity contribution in [2.75, 3.05) is 19.8 Å². The average molecular weight is 288 g/mol. The number of ether oxygens (including phenoxy) is 1. The predicted octanol–water partition coefficient (Wildman–Crippen LogP) is 1.69. The van der Waals surface area contributed by atoms with Crippen molar-refractivity contribution < 1.29 is 9.53 Å². The second kappa shape index (κ2) is 7.04. The normalized spacial score (nSPS) is 10.8. The molecule has 0 atom stereocenters. The van der Waals surface area contributed by atoms with E-state index in [0.717, 1.165) is 11.9 Å². The van der Waals surface area contributed by atoms with Crippen molar-refractivity contribution in [3.63, 3.8) is 0 Å². The third kappa shape index (κ3) is 3.49. The fourth-order valence-electron chi connectivity index (χ4n) is 2.22. The van der Waals surface area contributed by atoms with Gasteiger partial charge in [0.25, 0.3) is 5.91 Å². The number of fused-ring (bicyclic) bond motifs is 1. The van der Waals surface area contributed by atoms with Crippen LogP contribution in [-0.4, -0.2) is 30.2 Å². The van der Waals surface area contributed by atoms with Gasteiger partial charge in [0, 0.05) is 38.4 Å². The summed E-state index contributed by atoms with van der Waals surface area (Å²) in [7, 11) is 1.83. The molecule has 112 valence electrons. The van der Waals surface area contributed by atoms with Crippen LogP contribution in [0.15, 0.2) is 35.3 Å². The number of aryl methyl sites for hydroxylation is 1. The zero-order valence-electron chi connectivity index (χ0n) is 12.4. The van der Waals surface area contributed by atoms with Gasteiger partial charge in [0.2, 0.25) is 5.43 Å². The van der Waals surface area contributed by atoms with Crippen molar-refractivity contribution in [3.8, 4) is 0 Å². The van der Waals surface area contributed by atoms with E-state index >= 15 is 0 Å². The third-order valence-electron chi connectivity index (χ3n) is 3.30. The van der Waals surface area contributed by atoms with Gasteiger partial charge in [0.15, 0.2) is 0 Å². The van der Waals surface area contributed by atoms with Gasteiger partial charge in [-0.2, -0.15) is 0 Å². The maximum Gasteiger partial charge on any atom is 0.256 e. The summed E-state index contributed by atoms with van der Waals surface area (Å²) in [6.07, 6.45) is 2.32. The number of carbonyl (C=O) groups excluding carboxylic acids is 1. The Morgan fingerprint density at radius 1 is 1.33 bits per heavy atom. The zero-order valence-corrected chi connectivity index (χ0v) is 12.4. The van der Waals surface area contributed by atoms with Crippen LogP contribution in [0.3, 0.4) is 0 Å². The maximum atomic E-state index is 12.4. The molecule has 1 amide bonds. The number of para-hydroxylation sites is 1. The lowest BCUT2D eigenvalue weighted by Crippen LogP contribution is -2.30. The molecule has 1 aromatic carbocycles. The molecule has 0 bridgehead atoms. The molecule has 0 unspecified atom stereocenters. The second-order valence-corrected chi connectivity index (χ2v) is 4.81. The van der Waals surface area contributed by atoms with E-state index < -0.39 is 0 Å². The zero-order chi connectivity index (χ0) is 15.2. The first-order valence-corrected chi connectivity index (χ1v) is 7.09. The van der Waals surface area contributed by atoms with E-state index in [1.807, 2.05) is 26.1 Å². The SMILES string of the molecule is CCOCCCNC(=O)c1cn(C)c2ccccc2c1=O. The number of pyridine rings is 1. The topological polar surface area (TPSA) is 60.3 Å². The molecule has 5 heteroatoms. The van der Waals surface area contributed by atoms with Crippen LogP contribution in [0.4, 0.5) is 0 Å². The fraction of sp³-hybridized carbons (Fsp3) is 0.375. The Bertz CT molecular complexity index is 691. The summed E-state index contributed by atoms with van der Waals surface area (Å²) in [5.41, 5.74) is 0.758. The van der Waals surface area contributed by atoms with Crippen LogP contribution < -0.4 is 10.7 Å². The Morgan fingerprint density at radius 3 is 2.86 bits per heavy atom. The van der Waals surface area contributed by atoms with Gasteiger partial charge in [0.1, 0.15) is 5.56 Å². The predicted molar refractivity (Wildman–Crippen MR) is 82.6 cm³/mol. The minimum Gasteiger partial charge on any atom is -0.382 e. The molecule has 2 rings (SSSR count). The molecule has 1 aromatic heterocycles. The van der Waals surface area contributed by atoms with E-state index in [9.17, 15) is 9.59 Å². The van der Waals surface area contributed by atoms with Crippen LogP contribution in [0.25, 0.3) is 10.9 Å². The number of nitrogens with one attached hydrogen (secondary N) is 1. The van der Waals surface area contributed by atoms with Crippen LogP contribution in [0.5, 0.6) is 0 Å². The Labute approximate surface area is 123 Å². The first-order chi connectivity index (χ1) is 10.1. The Morgan fingerprint density at radius 2 is 2.10 bits per heavy atom. The van der Waals surface area contributed by atoms with E-state index in [0.29, 0.717) is 25.1 Å². The van der Waals surface area contributed by atoms with Gasteiger partial charge in [-0.1, -0.05) is 12.1 Å². The van der Waals surface area contributed by atoms with Gasteiger partial charge in [-0.3, -0.25) is 9.59 Å². The third-order valence-corrected chi connectivity index (χ3v) is 3.30. The van der Waals surface area contributed by atoms with E-state index in [1.54, 1.807) is 22.9 Å². The monoisotopic (exact) mass is 288 g/mol. The minimum atomic E-state index is -0.335. The first-order valence-electron chi connectivity index (χ1n) is 7.09. The summed E-state index contributed by atoms with van der Waals surface area (Å²) in [6, 6.07) is 7.27. The molecule has 0 aliphatic heterocycles.